The van der Waals surface area contributed by atoms with Crippen LogP contribution in [0.15, 0.2) is 28.5 Å². The summed E-state index contributed by atoms with van der Waals surface area (Å²) in [6, 6.07) is 2.42. The van der Waals surface area contributed by atoms with Crippen molar-refractivity contribution in [3.05, 3.63) is 35.7 Å². The monoisotopic (exact) mass is 242 g/mol. The molecule has 0 spiro atoms. The summed E-state index contributed by atoms with van der Waals surface area (Å²) >= 11 is 0.847. The van der Waals surface area contributed by atoms with Gasteiger partial charge in [-0.3, -0.25) is 5.10 Å². The van der Waals surface area contributed by atoms with E-state index in [0.717, 1.165) is 11.8 Å². The number of hydrogen-bond donors (Lipinski definition) is 2. The zero-order chi connectivity index (χ0) is 11.5. The highest BCUT2D eigenvalue weighted by Gasteiger charge is 2.13. The van der Waals surface area contributed by atoms with Crippen molar-refractivity contribution < 1.29 is 8.78 Å². The molecule has 7 heteroatoms. The molecule has 16 heavy (non-hydrogen) atoms. The minimum Gasteiger partial charge on any atom is -0.326 e. The number of aromatic nitrogens is 3. The van der Waals surface area contributed by atoms with E-state index in [1.54, 1.807) is 0 Å². The molecule has 3 N–H and O–H groups in total. The van der Waals surface area contributed by atoms with E-state index >= 15 is 0 Å². The smallest absolute Gasteiger partial charge is 0.188 e. The molecular weight excluding hydrogens is 234 g/mol. The highest BCUT2D eigenvalue weighted by atomic mass is 32.2. The highest BCUT2D eigenvalue weighted by molar-refractivity contribution is 7.99. The maximum absolute atomic E-state index is 13.5. The average molecular weight is 242 g/mol. The van der Waals surface area contributed by atoms with Crippen molar-refractivity contribution in [2.24, 2.45) is 5.73 Å². The summed E-state index contributed by atoms with van der Waals surface area (Å²) in [7, 11) is 0. The van der Waals surface area contributed by atoms with Crippen LogP contribution in [0, 0.1) is 11.6 Å². The van der Waals surface area contributed by atoms with Gasteiger partial charge in [-0.05, 0) is 29.5 Å². The van der Waals surface area contributed by atoms with Crippen molar-refractivity contribution in [1.29, 1.82) is 0 Å². The number of aromatic amines is 1. The molecule has 0 aliphatic heterocycles. The van der Waals surface area contributed by atoms with Crippen molar-refractivity contribution in [2.45, 2.75) is 16.6 Å². The Bertz CT molecular complexity index is 463. The number of hydrogen-bond acceptors (Lipinski definition) is 4. The second-order valence-corrected chi connectivity index (χ2v) is 3.98. The quantitative estimate of drug-likeness (QED) is 0.859. The fraction of sp³-hybridized carbons (Fsp3) is 0.111. The predicted octanol–water partition coefficient (Wildman–Crippen LogP) is 1.69. The number of nitrogens with two attached hydrogens (primary N) is 1. The van der Waals surface area contributed by atoms with Crippen LogP contribution in [0.25, 0.3) is 0 Å². The lowest BCUT2D eigenvalue weighted by Crippen LogP contribution is -1.99. The van der Waals surface area contributed by atoms with Crippen LogP contribution in [0.5, 0.6) is 0 Å². The van der Waals surface area contributed by atoms with Crippen LogP contribution in [0.1, 0.15) is 5.56 Å². The molecule has 1 heterocycles. The Hall–Kier alpha value is -1.47. The Morgan fingerprint density at radius 1 is 1.31 bits per heavy atom. The molecule has 1 aromatic carbocycles. The summed E-state index contributed by atoms with van der Waals surface area (Å²) in [6.45, 7) is 0.0983. The van der Waals surface area contributed by atoms with E-state index in [2.05, 4.69) is 15.2 Å². The molecule has 0 fully saturated rings. The lowest BCUT2D eigenvalue weighted by Gasteiger charge is -2.04. The van der Waals surface area contributed by atoms with Gasteiger partial charge in [0.1, 0.15) is 18.0 Å². The fourth-order valence-electron chi connectivity index (χ4n) is 1.17. The molecule has 0 aliphatic carbocycles. The van der Waals surface area contributed by atoms with Gasteiger partial charge in [-0.1, -0.05) is 0 Å². The number of nitrogens with zero attached hydrogens (tertiary/aromatic N) is 2. The third-order valence-electron chi connectivity index (χ3n) is 1.89. The molecule has 0 saturated carbocycles. The molecule has 0 amide bonds. The molecule has 0 bridgehead atoms. The molecule has 2 rings (SSSR count). The van der Waals surface area contributed by atoms with Gasteiger partial charge in [-0.15, -0.1) is 0 Å². The second-order valence-electron chi connectivity index (χ2n) is 2.99. The van der Waals surface area contributed by atoms with Crippen molar-refractivity contribution in [3.63, 3.8) is 0 Å². The van der Waals surface area contributed by atoms with E-state index in [-0.39, 0.29) is 11.4 Å². The van der Waals surface area contributed by atoms with E-state index < -0.39 is 11.6 Å². The van der Waals surface area contributed by atoms with Gasteiger partial charge in [0.15, 0.2) is 5.16 Å². The fourth-order valence-corrected chi connectivity index (χ4v) is 1.87. The van der Waals surface area contributed by atoms with Gasteiger partial charge < -0.3 is 5.73 Å². The van der Waals surface area contributed by atoms with Gasteiger partial charge in [0.2, 0.25) is 0 Å². The average Bonchev–Trinajstić information content (AvgIpc) is 2.75. The van der Waals surface area contributed by atoms with Crippen molar-refractivity contribution >= 4 is 11.8 Å². The molecule has 0 saturated heterocycles. The minimum atomic E-state index is -0.651. The summed E-state index contributed by atoms with van der Waals surface area (Å²) in [4.78, 5) is 3.66. The molecule has 4 nitrogen and oxygen atoms in total. The summed E-state index contributed by atoms with van der Waals surface area (Å²) in [5, 5.41) is 6.43. The van der Waals surface area contributed by atoms with Gasteiger partial charge in [-0.25, -0.2) is 13.8 Å². The lowest BCUT2D eigenvalue weighted by atomic mass is 10.2. The molecule has 1 aromatic heterocycles. The third-order valence-corrected chi connectivity index (χ3v) is 2.87. The molecule has 0 atom stereocenters. The standard InChI is InChI=1S/C9H8F2N4S/c10-6-1-5(3-12)2-7(11)8(6)16-9-13-4-14-15-9/h1-2,4H,3,12H2,(H,13,14,15). The summed E-state index contributed by atoms with van der Waals surface area (Å²) < 4.78 is 27.0. The van der Waals surface area contributed by atoms with E-state index in [1.807, 2.05) is 0 Å². The number of benzene rings is 1. The predicted molar refractivity (Wildman–Crippen MR) is 54.8 cm³/mol. The number of rotatable bonds is 3. The Morgan fingerprint density at radius 3 is 2.50 bits per heavy atom. The lowest BCUT2D eigenvalue weighted by molar-refractivity contribution is 0.537. The maximum atomic E-state index is 13.5. The zero-order valence-corrected chi connectivity index (χ0v) is 8.89. The first-order chi connectivity index (χ1) is 7.70. The van der Waals surface area contributed by atoms with Crippen LogP contribution in [0.2, 0.25) is 0 Å². The molecule has 84 valence electrons. The molecule has 0 aliphatic rings. The summed E-state index contributed by atoms with van der Waals surface area (Å²) in [5.74, 6) is -1.30. The third kappa shape index (κ3) is 2.20. The van der Waals surface area contributed by atoms with Crippen molar-refractivity contribution in [3.8, 4) is 0 Å². The topological polar surface area (TPSA) is 67.6 Å². The largest absolute Gasteiger partial charge is 0.326 e. The molecule has 0 radical (unpaired) electrons. The van der Waals surface area contributed by atoms with Crippen LogP contribution in [-0.4, -0.2) is 15.2 Å². The first-order valence-electron chi connectivity index (χ1n) is 4.42. The highest BCUT2D eigenvalue weighted by Crippen LogP contribution is 2.30. The van der Waals surface area contributed by atoms with Gasteiger partial charge in [-0.2, -0.15) is 5.10 Å². The van der Waals surface area contributed by atoms with Gasteiger partial charge in [0.05, 0.1) is 4.90 Å². The zero-order valence-electron chi connectivity index (χ0n) is 8.08. The van der Waals surface area contributed by atoms with E-state index in [4.69, 9.17) is 5.73 Å². The Morgan fingerprint density at radius 2 is 2.00 bits per heavy atom. The van der Waals surface area contributed by atoms with Crippen molar-refractivity contribution in [1.82, 2.24) is 15.2 Å². The van der Waals surface area contributed by atoms with Crippen molar-refractivity contribution in [2.75, 3.05) is 0 Å². The molecule has 0 unspecified atom stereocenters. The van der Waals surface area contributed by atoms with E-state index in [9.17, 15) is 8.78 Å². The maximum Gasteiger partial charge on any atom is 0.188 e. The van der Waals surface area contributed by atoms with Gasteiger partial charge >= 0.3 is 0 Å². The van der Waals surface area contributed by atoms with E-state index in [1.165, 1.54) is 18.5 Å². The van der Waals surface area contributed by atoms with Crippen LogP contribution in [0.3, 0.4) is 0 Å². The first kappa shape index (κ1) is 11.0. The van der Waals surface area contributed by atoms with Gasteiger partial charge in [0.25, 0.3) is 0 Å². The van der Waals surface area contributed by atoms with Crippen LogP contribution < -0.4 is 5.73 Å². The van der Waals surface area contributed by atoms with Crippen LogP contribution in [0.4, 0.5) is 8.78 Å². The SMILES string of the molecule is NCc1cc(F)c(Sc2ncn[nH]2)c(F)c1. The number of halogens is 2. The Kier molecular flexibility index (Phi) is 3.16. The molecular formula is C9H8F2N4S. The van der Waals surface area contributed by atoms with Crippen LogP contribution >= 0.6 is 11.8 Å². The number of H-pyrrole nitrogens is 1. The first-order valence-corrected chi connectivity index (χ1v) is 5.23. The molecule has 2 aromatic rings. The summed E-state index contributed by atoms with van der Waals surface area (Å²) in [6.07, 6.45) is 1.27. The summed E-state index contributed by atoms with van der Waals surface area (Å²) in [5.41, 5.74) is 5.72. The Labute approximate surface area is 94.3 Å². The number of nitrogens with one attached hydrogen (secondary N) is 1. The second kappa shape index (κ2) is 4.58. The van der Waals surface area contributed by atoms with Gasteiger partial charge in [0, 0.05) is 6.54 Å². The van der Waals surface area contributed by atoms with Crippen LogP contribution in [-0.2, 0) is 6.54 Å². The Balaban J connectivity index is 2.34. The van der Waals surface area contributed by atoms with E-state index in [0.29, 0.717) is 10.7 Å². The minimum absolute atomic E-state index is 0.0983. The normalized spacial score (nSPS) is 10.7.